The van der Waals surface area contributed by atoms with E-state index in [4.69, 9.17) is 20.9 Å². The molecule has 1 aromatic heterocycles. The average molecular weight is 254 g/mol. The number of nitrogens with two attached hydrogens (primary N) is 2. The van der Waals surface area contributed by atoms with Crippen molar-refractivity contribution in [3.63, 3.8) is 0 Å². The molecule has 0 bridgehead atoms. The van der Waals surface area contributed by atoms with E-state index < -0.39 is 5.91 Å². The molecule has 0 fully saturated rings. The number of amides is 1. The van der Waals surface area contributed by atoms with Crippen LogP contribution in [0.4, 0.5) is 11.5 Å². The molecule has 1 aromatic rings. The number of carbonyl (C=O) groups is 1. The maximum atomic E-state index is 11.1. The third kappa shape index (κ3) is 3.86. The van der Waals surface area contributed by atoms with Crippen molar-refractivity contribution < 1.29 is 14.3 Å². The molecule has 100 valence electrons. The standard InChI is InChI=1S/C11H18N4O3/c1-17-6-7(18-2)4-14-10-3-8(11(13)16)9(12)5-15-10/h3,5,7H,4,6,12H2,1-2H3,(H2,13,16)(H,14,15). The third-order valence-electron chi connectivity index (χ3n) is 2.40. The van der Waals surface area contributed by atoms with Crippen molar-refractivity contribution in [2.45, 2.75) is 6.10 Å². The van der Waals surface area contributed by atoms with Crippen LogP contribution < -0.4 is 16.8 Å². The number of aromatic nitrogens is 1. The Labute approximate surface area is 105 Å². The van der Waals surface area contributed by atoms with Crippen LogP contribution in [0.1, 0.15) is 10.4 Å². The zero-order chi connectivity index (χ0) is 13.5. The van der Waals surface area contributed by atoms with Crippen molar-refractivity contribution >= 4 is 17.4 Å². The topological polar surface area (TPSA) is 112 Å². The summed E-state index contributed by atoms with van der Waals surface area (Å²) in [6, 6.07) is 1.51. The van der Waals surface area contributed by atoms with E-state index in [-0.39, 0.29) is 17.4 Å². The molecule has 1 rings (SSSR count). The van der Waals surface area contributed by atoms with Crippen LogP contribution in [0.2, 0.25) is 0 Å². The second-order valence-electron chi connectivity index (χ2n) is 3.71. The predicted octanol–water partition coefficient (Wildman–Crippen LogP) is -0.164. The minimum Gasteiger partial charge on any atom is -0.397 e. The first-order valence-corrected chi connectivity index (χ1v) is 5.39. The molecule has 18 heavy (non-hydrogen) atoms. The Kier molecular flexibility index (Phi) is 5.34. The van der Waals surface area contributed by atoms with E-state index in [2.05, 4.69) is 10.3 Å². The fraction of sp³-hybridized carbons (Fsp3) is 0.455. The number of ether oxygens (including phenoxy) is 2. The van der Waals surface area contributed by atoms with Crippen LogP contribution in [0.25, 0.3) is 0 Å². The number of nitrogens with one attached hydrogen (secondary N) is 1. The van der Waals surface area contributed by atoms with Crippen LogP contribution in [0, 0.1) is 0 Å². The second-order valence-corrected chi connectivity index (χ2v) is 3.71. The molecular weight excluding hydrogens is 236 g/mol. The minimum absolute atomic E-state index is 0.105. The molecule has 7 nitrogen and oxygen atoms in total. The first kappa shape index (κ1) is 14.2. The molecule has 0 aromatic carbocycles. The SMILES string of the molecule is COCC(CNc1cc(C(N)=O)c(N)cn1)OC. The van der Waals surface area contributed by atoms with Gasteiger partial charge < -0.3 is 26.3 Å². The first-order valence-electron chi connectivity index (χ1n) is 5.39. The molecule has 5 N–H and O–H groups in total. The second kappa shape index (κ2) is 6.77. The molecule has 0 saturated heterocycles. The molecule has 0 saturated carbocycles. The van der Waals surface area contributed by atoms with Crippen molar-refractivity contribution in [2.75, 3.05) is 38.4 Å². The Morgan fingerprint density at radius 2 is 2.28 bits per heavy atom. The van der Waals surface area contributed by atoms with Crippen LogP contribution >= 0.6 is 0 Å². The zero-order valence-electron chi connectivity index (χ0n) is 10.5. The molecular formula is C11H18N4O3. The van der Waals surface area contributed by atoms with Gasteiger partial charge in [0.15, 0.2) is 0 Å². The summed E-state index contributed by atoms with van der Waals surface area (Å²) in [5.74, 6) is -0.0747. The van der Waals surface area contributed by atoms with Gasteiger partial charge in [0.25, 0.3) is 5.91 Å². The van der Waals surface area contributed by atoms with Crippen LogP contribution in [-0.2, 0) is 9.47 Å². The summed E-state index contributed by atoms with van der Waals surface area (Å²) in [5, 5.41) is 3.02. The number of rotatable bonds is 7. The normalized spacial score (nSPS) is 12.1. The molecule has 1 heterocycles. The lowest BCUT2D eigenvalue weighted by molar-refractivity contribution is 0.0365. The highest BCUT2D eigenvalue weighted by molar-refractivity contribution is 5.98. The lowest BCUT2D eigenvalue weighted by Crippen LogP contribution is -2.27. The van der Waals surface area contributed by atoms with E-state index in [1.165, 1.54) is 12.3 Å². The van der Waals surface area contributed by atoms with Gasteiger partial charge in [0.05, 0.1) is 30.2 Å². The minimum atomic E-state index is -0.585. The average Bonchev–Trinajstić information content (AvgIpc) is 2.35. The quantitative estimate of drug-likeness (QED) is 0.623. The molecule has 0 aliphatic carbocycles. The highest BCUT2D eigenvalue weighted by atomic mass is 16.5. The van der Waals surface area contributed by atoms with Gasteiger partial charge in [0.1, 0.15) is 5.82 Å². The monoisotopic (exact) mass is 254 g/mol. The number of hydrogen-bond donors (Lipinski definition) is 3. The van der Waals surface area contributed by atoms with E-state index in [1.807, 2.05) is 0 Å². The van der Waals surface area contributed by atoms with Crippen LogP contribution in [-0.4, -0.2) is 44.4 Å². The number of carbonyl (C=O) groups excluding carboxylic acids is 1. The van der Waals surface area contributed by atoms with Crippen LogP contribution in [0.5, 0.6) is 0 Å². The third-order valence-corrected chi connectivity index (χ3v) is 2.40. The lowest BCUT2D eigenvalue weighted by Gasteiger charge is -2.15. The summed E-state index contributed by atoms with van der Waals surface area (Å²) in [5.41, 5.74) is 11.3. The number of primary amides is 1. The van der Waals surface area contributed by atoms with Crippen molar-refractivity contribution in [3.8, 4) is 0 Å². The Bertz CT molecular complexity index is 411. The summed E-state index contributed by atoms with van der Waals surface area (Å²) in [7, 11) is 3.19. The van der Waals surface area contributed by atoms with Gasteiger partial charge >= 0.3 is 0 Å². The number of nitrogen functional groups attached to an aromatic ring is 1. The fourth-order valence-corrected chi connectivity index (χ4v) is 1.39. The van der Waals surface area contributed by atoms with Gasteiger partial charge in [-0.15, -0.1) is 0 Å². The van der Waals surface area contributed by atoms with E-state index in [0.717, 1.165) is 0 Å². The fourth-order valence-electron chi connectivity index (χ4n) is 1.39. The number of pyridine rings is 1. The highest BCUT2D eigenvalue weighted by Crippen LogP contribution is 2.14. The maximum Gasteiger partial charge on any atom is 0.250 e. The van der Waals surface area contributed by atoms with Crippen molar-refractivity contribution in [1.29, 1.82) is 0 Å². The Morgan fingerprint density at radius 1 is 1.56 bits per heavy atom. The zero-order valence-corrected chi connectivity index (χ0v) is 10.5. The molecule has 7 heteroatoms. The summed E-state index contributed by atoms with van der Waals surface area (Å²) >= 11 is 0. The Morgan fingerprint density at radius 3 is 2.83 bits per heavy atom. The molecule has 1 unspecified atom stereocenters. The maximum absolute atomic E-state index is 11.1. The first-order chi connectivity index (χ1) is 8.58. The van der Waals surface area contributed by atoms with Crippen molar-refractivity contribution in [2.24, 2.45) is 5.73 Å². The van der Waals surface area contributed by atoms with Gasteiger partial charge in [-0.1, -0.05) is 0 Å². The van der Waals surface area contributed by atoms with Crippen molar-refractivity contribution in [1.82, 2.24) is 4.98 Å². The van der Waals surface area contributed by atoms with Crippen LogP contribution in [0.15, 0.2) is 12.3 Å². The van der Waals surface area contributed by atoms with E-state index in [1.54, 1.807) is 14.2 Å². The van der Waals surface area contributed by atoms with Gasteiger partial charge in [-0.05, 0) is 6.07 Å². The molecule has 0 spiro atoms. The smallest absolute Gasteiger partial charge is 0.250 e. The van der Waals surface area contributed by atoms with Gasteiger partial charge in [0.2, 0.25) is 0 Å². The van der Waals surface area contributed by atoms with Gasteiger partial charge in [0, 0.05) is 20.8 Å². The van der Waals surface area contributed by atoms with E-state index in [9.17, 15) is 4.79 Å². The molecule has 1 atom stereocenters. The number of hydrogen-bond acceptors (Lipinski definition) is 6. The lowest BCUT2D eigenvalue weighted by atomic mass is 10.2. The predicted molar refractivity (Wildman–Crippen MR) is 68.3 cm³/mol. The molecule has 0 aliphatic rings. The summed E-state index contributed by atoms with van der Waals surface area (Å²) in [6.45, 7) is 0.959. The Balaban J connectivity index is 2.67. The number of methoxy groups -OCH3 is 2. The number of nitrogens with zero attached hydrogens (tertiary/aromatic N) is 1. The van der Waals surface area contributed by atoms with E-state index >= 15 is 0 Å². The molecule has 0 radical (unpaired) electrons. The van der Waals surface area contributed by atoms with Gasteiger partial charge in [-0.2, -0.15) is 0 Å². The van der Waals surface area contributed by atoms with Crippen molar-refractivity contribution in [3.05, 3.63) is 17.8 Å². The van der Waals surface area contributed by atoms with Crippen LogP contribution in [0.3, 0.4) is 0 Å². The summed E-state index contributed by atoms with van der Waals surface area (Å²) in [6.07, 6.45) is 1.28. The summed E-state index contributed by atoms with van der Waals surface area (Å²) < 4.78 is 10.2. The molecule has 1 amide bonds. The van der Waals surface area contributed by atoms with Gasteiger partial charge in [-0.25, -0.2) is 4.98 Å². The summed E-state index contributed by atoms with van der Waals surface area (Å²) in [4.78, 5) is 15.2. The Hall–Kier alpha value is -1.86. The molecule has 0 aliphatic heterocycles. The van der Waals surface area contributed by atoms with E-state index in [0.29, 0.717) is 19.0 Å². The number of anilines is 2. The van der Waals surface area contributed by atoms with Gasteiger partial charge in [-0.3, -0.25) is 4.79 Å². The highest BCUT2D eigenvalue weighted by Gasteiger charge is 2.10. The largest absolute Gasteiger partial charge is 0.397 e.